The highest BCUT2D eigenvalue weighted by Crippen LogP contribution is 2.14. The molecule has 0 aliphatic carbocycles. The second kappa shape index (κ2) is 5.97. The van der Waals surface area contributed by atoms with Gasteiger partial charge < -0.3 is 4.74 Å². The zero-order valence-electron chi connectivity index (χ0n) is 11.5. The molecule has 1 N–H and O–H groups in total. The predicted octanol–water partition coefficient (Wildman–Crippen LogP) is 1.33. The topological polar surface area (TPSA) is 73.2 Å². The maximum absolute atomic E-state index is 12.2. The quantitative estimate of drug-likeness (QED) is 0.904. The van der Waals surface area contributed by atoms with Gasteiger partial charge in [0.1, 0.15) is 4.90 Å². The monoisotopic (exact) mass is 307 g/mol. The molecule has 0 radical (unpaired) electrons. The zero-order valence-corrected chi connectivity index (χ0v) is 12.3. The molecule has 1 fully saturated rings. The van der Waals surface area contributed by atoms with E-state index in [2.05, 4.69) is 9.82 Å². The molecule has 112 valence electrons. The molecule has 0 saturated carbocycles. The van der Waals surface area contributed by atoms with Crippen LogP contribution in [0.4, 0.5) is 0 Å². The van der Waals surface area contributed by atoms with Crippen LogP contribution < -0.4 is 4.72 Å². The Bertz CT molecular complexity index is 691. The first kappa shape index (κ1) is 14.2. The summed E-state index contributed by atoms with van der Waals surface area (Å²) in [7, 11) is -3.55. The average molecular weight is 307 g/mol. The molecule has 1 aliphatic rings. The van der Waals surface area contributed by atoms with Crippen LogP contribution in [0, 0.1) is 0 Å². The summed E-state index contributed by atoms with van der Waals surface area (Å²) in [4.78, 5) is 0.157. The molecule has 6 nitrogen and oxygen atoms in total. The summed E-state index contributed by atoms with van der Waals surface area (Å²) < 4.78 is 34.0. The Morgan fingerprint density at radius 3 is 2.86 bits per heavy atom. The molecule has 2 heterocycles. The lowest BCUT2D eigenvalue weighted by Gasteiger charge is -2.10. The van der Waals surface area contributed by atoms with Crippen LogP contribution >= 0.6 is 0 Å². The number of ether oxygens (including phenoxy) is 1. The van der Waals surface area contributed by atoms with E-state index in [-0.39, 0.29) is 11.0 Å². The number of rotatable bonds is 5. The van der Waals surface area contributed by atoms with Gasteiger partial charge in [-0.25, -0.2) is 17.8 Å². The van der Waals surface area contributed by atoms with Crippen molar-refractivity contribution in [3.8, 4) is 5.69 Å². The summed E-state index contributed by atoms with van der Waals surface area (Å²) in [6.07, 6.45) is 4.71. The van der Waals surface area contributed by atoms with Gasteiger partial charge in [0.05, 0.1) is 24.2 Å². The number of sulfonamides is 1. The third-order valence-electron chi connectivity index (χ3n) is 3.41. The summed E-state index contributed by atoms with van der Waals surface area (Å²) in [5.74, 6) is 0. The fraction of sp³-hybridized carbons (Fsp3) is 0.357. The van der Waals surface area contributed by atoms with Crippen LogP contribution in [-0.2, 0) is 14.8 Å². The van der Waals surface area contributed by atoms with Gasteiger partial charge in [0.2, 0.25) is 10.0 Å². The van der Waals surface area contributed by atoms with Gasteiger partial charge in [0.25, 0.3) is 0 Å². The molecule has 2 aromatic rings. The van der Waals surface area contributed by atoms with Crippen molar-refractivity contribution in [1.82, 2.24) is 14.5 Å². The lowest BCUT2D eigenvalue weighted by atomic mass is 10.2. The maximum atomic E-state index is 12.2. The summed E-state index contributed by atoms with van der Waals surface area (Å²) >= 11 is 0. The molecule has 21 heavy (non-hydrogen) atoms. The zero-order chi connectivity index (χ0) is 14.7. The number of aromatic nitrogens is 2. The molecule has 0 bridgehead atoms. The number of benzene rings is 1. The van der Waals surface area contributed by atoms with Crippen LogP contribution in [0.2, 0.25) is 0 Å². The van der Waals surface area contributed by atoms with Gasteiger partial charge in [-0.2, -0.15) is 5.10 Å². The average Bonchev–Trinajstić information content (AvgIpc) is 3.18. The van der Waals surface area contributed by atoms with E-state index in [0.29, 0.717) is 13.2 Å². The minimum absolute atomic E-state index is 0.0241. The largest absolute Gasteiger partial charge is 0.377 e. The number of hydrogen-bond donors (Lipinski definition) is 1. The smallest absolute Gasteiger partial charge is 0.243 e. The lowest BCUT2D eigenvalue weighted by Crippen LogP contribution is -2.31. The van der Waals surface area contributed by atoms with Gasteiger partial charge in [-0.05, 0) is 25.0 Å². The van der Waals surface area contributed by atoms with Gasteiger partial charge in [0.15, 0.2) is 0 Å². The molecule has 1 saturated heterocycles. The van der Waals surface area contributed by atoms with Crippen LogP contribution in [0.25, 0.3) is 5.69 Å². The van der Waals surface area contributed by atoms with Crippen molar-refractivity contribution in [2.24, 2.45) is 0 Å². The second-order valence-corrected chi connectivity index (χ2v) is 6.71. The first-order valence-electron chi connectivity index (χ1n) is 6.86. The molecule has 1 aliphatic heterocycles. The minimum atomic E-state index is -3.55. The molecule has 1 aromatic carbocycles. The molecule has 3 rings (SSSR count). The van der Waals surface area contributed by atoms with Crippen molar-refractivity contribution < 1.29 is 13.2 Å². The highest BCUT2D eigenvalue weighted by molar-refractivity contribution is 7.89. The Morgan fingerprint density at radius 1 is 1.33 bits per heavy atom. The molecular formula is C14H17N3O3S. The van der Waals surface area contributed by atoms with E-state index in [0.717, 1.165) is 18.5 Å². The van der Waals surface area contributed by atoms with Crippen molar-refractivity contribution in [3.05, 3.63) is 42.7 Å². The van der Waals surface area contributed by atoms with E-state index in [1.807, 2.05) is 30.3 Å². The molecule has 0 amide bonds. The van der Waals surface area contributed by atoms with Crippen molar-refractivity contribution in [1.29, 1.82) is 0 Å². The summed E-state index contributed by atoms with van der Waals surface area (Å²) in [5.41, 5.74) is 0.818. The van der Waals surface area contributed by atoms with Crippen LogP contribution in [-0.4, -0.2) is 37.5 Å². The fourth-order valence-corrected chi connectivity index (χ4v) is 3.25. The van der Waals surface area contributed by atoms with E-state index in [1.165, 1.54) is 12.4 Å². The number of hydrogen-bond acceptors (Lipinski definition) is 4. The van der Waals surface area contributed by atoms with Gasteiger partial charge in [-0.3, -0.25) is 0 Å². The van der Waals surface area contributed by atoms with Crippen LogP contribution in [0.5, 0.6) is 0 Å². The Labute approximate surface area is 123 Å². The van der Waals surface area contributed by atoms with Gasteiger partial charge in [-0.1, -0.05) is 18.2 Å². The fourth-order valence-electron chi connectivity index (χ4n) is 2.26. The first-order chi connectivity index (χ1) is 10.1. The van der Waals surface area contributed by atoms with E-state index >= 15 is 0 Å². The minimum Gasteiger partial charge on any atom is -0.377 e. The molecule has 1 unspecified atom stereocenters. The van der Waals surface area contributed by atoms with Gasteiger partial charge in [0, 0.05) is 13.2 Å². The van der Waals surface area contributed by atoms with Crippen molar-refractivity contribution in [2.75, 3.05) is 13.2 Å². The second-order valence-electron chi connectivity index (χ2n) is 4.94. The van der Waals surface area contributed by atoms with E-state index < -0.39 is 10.0 Å². The van der Waals surface area contributed by atoms with Crippen LogP contribution in [0.3, 0.4) is 0 Å². The summed E-state index contributed by atoms with van der Waals surface area (Å²) in [6.45, 7) is 1.01. The Morgan fingerprint density at radius 2 is 2.14 bits per heavy atom. The Balaban J connectivity index is 1.72. The highest BCUT2D eigenvalue weighted by atomic mass is 32.2. The third-order valence-corrected chi connectivity index (χ3v) is 4.79. The van der Waals surface area contributed by atoms with Crippen LogP contribution in [0.1, 0.15) is 12.8 Å². The molecule has 1 aromatic heterocycles. The predicted molar refractivity (Wildman–Crippen MR) is 77.7 cm³/mol. The normalized spacial score (nSPS) is 19.0. The summed E-state index contributed by atoms with van der Waals surface area (Å²) in [6, 6.07) is 9.38. The Hall–Kier alpha value is -1.70. The van der Waals surface area contributed by atoms with E-state index in [4.69, 9.17) is 4.74 Å². The number of para-hydroxylation sites is 1. The number of nitrogens with one attached hydrogen (secondary N) is 1. The maximum Gasteiger partial charge on any atom is 0.243 e. The highest BCUT2D eigenvalue weighted by Gasteiger charge is 2.21. The van der Waals surface area contributed by atoms with Crippen molar-refractivity contribution >= 4 is 10.0 Å². The Kier molecular flexibility index (Phi) is 4.05. The van der Waals surface area contributed by atoms with E-state index in [1.54, 1.807) is 4.68 Å². The third kappa shape index (κ3) is 3.31. The molecule has 0 spiro atoms. The molecule has 1 atom stereocenters. The van der Waals surface area contributed by atoms with Gasteiger partial charge in [-0.15, -0.1) is 0 Å². The molecule has 7 heteroatoms. The number of nitrogens with zero attached hydrogens (tertiary/aromatic N) is 2. The summed E-state index contributed by atoms with van der Waals surface area (Å²) in [5, 5.41) is 4.10. The van der Waals surface area contributed by atoms with Crippen molar-refractivity contribution in [2.45, 2.75) is 23.8 Å². The first-order valence-corrected chi connectivity index (χ1v) is 8.35. The molecular weight excluding hydrogens is 290 g/mol. The standard InChI is InChI=1S/C14H17N3O3S/c18-21(19,16-9-13-7-4-8-20-13)14-10-15-17(11-14)12-5-2-1-3-6-12/h1-3,5-6,10-11,13,16H,4,7-9H2. The SMILES string of the molecule is O=S(=O)(NCC1CCCO1)c1cnn(-c2ccccc2)c1. The van der Waals surface area contributed by atoms with Crippen LogP contribution in [0.15, 0.2) is 47.6 Å². The van der Waals surface area contributed by atoms with Crippen molar-refractivity contribution in [3.63, 3.8) is 0 Å². The lowest BCUT2D eigenvalue weighted by molar-refractivity contribution is 0.114. The van der Waals surface area contributed by atoms with E-state index in [9.17, 15) is 8.42 Å². The van der Waals surface area contributed by atoms with Gasteiger partial charge >= 0.3 is 0 Å².